The summed E-state index contributed by atoms with van der Waals surface area (Å²) < 4.78 is -0.180. The predicted octanol–water partition coefficient (Wildman–Crippen LogP) is 4.85. The predicted molar refractivity (Wildman–Crippen MR) is 121 cm³/mol. The number of carbonyl (C=O) groups is 2. The molecule has 5 heteroatoms. The summed E-state index contributed by atoms with van der Waals surface area (Å²) in [5.74, 6) is 0.247. The number of para-hydroxylation sites is 1. The van der Waals surface area contributed by atoms with Crippen LogP contribution in [0.2, 0.25) is 0 Å². The minimum absolute atomic E-state index is 0.0233. The molecule has 1 spiro atoms. The molecule has 2 aromatic rings. The summed E-state index contributed by atoms with van der Waals surface area (Å²) in [6.07, 6.45) is 3.00. The van der Waals surface area contributed by atoms with Gasteiger partial charge in [0.1, 0.15) is 0 Å². The highest BCUT2D eigenvalue weighted by atomic mass is 32.2. The maximum atomic E-state index is 14.1. The molecule has 0 unspecified atom stereocenters. The molecule has 2 amide bonds. The van der Waals surface area contributed by atoms with E-state index in [1.807, 2.05) is 46.2 Å². The Morgan fingerprint density at radius 1 is 1.10 bits per heavy atom. The minimum atomic E-state index is -0.949. The van der Waals surface area contributed by atoms with Gasteiger partial charge in [0.05, 0.1) is 12.2 Å². The van der Waals surface area contributed by atoms with Crippen LogP contribution in [0, 0.1) is 12.8 Å². The lowest BCUT2D eigenvalue weighted by Crippen LogP contribution is -2.52. The van der Waals surface area contributed by atoms with Gasteiger partial charge in [0.25, 0.3) is 5.91 Å². The van der Waals surface area contributed by atoms with Crippen molar-refractivity contribution in [3.63, 3.8) is 0 Å². The molecule has 4 nitrogen and oxygen atoms in total. The van der Waals surface area contributed by atoms with Gasteiger partial charge in [-0.15, -0.1) is 11.8 Å². The van der Waals surface area contributed by atoms with E-state index in [0.29, 0.717) is 13.1 Å². The minimum Gasteiger partial charge on any atom is -0.314 e. The Bertz CT molecular complexity index is 1030. The Labute approximate surface area is 182 Å². The number of carbonyl (C=O) groups excluding carboxylic acids is 2. The molecular weight excluding hydrogens is 392 g/mol. The third-order valence-electron chi connectivity index (χ3n) is 6.75. The highest BCUT2D eigenvalue weighted by Crippen LogP contribution is 2.60. The monoisotopic (exact) mass is 420 g/mol. The SMILES string of the molecule is Cc1ccccc1CN1C(=O)[C@]2(SC(C)(C)CN2C(=O)C2CCC2)c2ccccc21. The van der Waals surface area contributed by atoms with Gasteiger partial charge in [-0.05, 0) is 50.8 Å². The van der Waals surface area contributed by atoms with Crippen LogP contribution in [-0.2, 0) is 21.0 Å². The highest BCUT2D eigenvalue weighted by molar-refractivity contribution is 8.02. The number of aryl methyl sites for hydroxylation is 1. The molecule has 2 fully saturated rings. The van der Waals surface area contributed by atoms with Crippen LogP contribution in [0.1, 0.15) is 49.8 Å². The van der Waals surface area contributed by atoms with E-state index in [4.69, 9.17) is 0 Å². The van der Waals surface area contributed by atoms with Crippen molar-refractivity contribution in [3.05, 3.63) is 65.2 Å². The number of hydrogen-bond donors (Lipinski definition) is 0. The first-order valence-electron chi connectivity index (χ1n) is 10.8. The van der Waals surface area contributed by atoms with Crippen molar-refractivity contribution in [3.8, 4) is 0 Å². The van der Waals surface area contributed by atoms with Crippen molar-refractivity contribution in [1.82, 2.24) is 4.90 Å². The zero-order valence-corrected chi connectivity index (χ0v) is 18.7. The van der Waals surface area contributed by atoms with E-state index < -0.39 is 4.87 Å². The van der Waals surface area contributed by atoms with Crippen molar-refractivity contribution in [2.24, 2.45) is 5.92 Å². The Hall–Kier alpha value is -2.27. The second kappa shape index (κ2) is 6.88. The molecule has 30 heavy (non-hydrogen) atoms. The molecule has 2 aromatic carbocycles. The van der Waals surface area contributed by atoms with Gasteiger partial charge >= 0.3 is 0 Å². The average Bonchev–Trinajstić information content (AvgIpc) is 3.09. The van der Waals surface area contributed by atoms with Crippen molar-refractivity contribution >= 4 is 29.3 Å². The quantitative estimate of drug-likeness (QED) is 0.713. The van der Waals surface area contributed by atoms with Gasteiger partial charge in [-0.3, -0.25) is 9.59 Å². The van der Waals surface area contributed by atoms with Crippen LogP contribution in [-0.4, -0.2) is 28.0 Å². The van der Waals surface area contributed by atoms with Gasteiger partial charge in [-0.2, -0.15) is 0 Å². The first-order valence-corrected chi connectivity index (χ1v) is 11.6. The smallest absolute Gasteiger partial charge is 0.268 e. The van der Waals surface area contributed by atoms with Gasteiger partial charge in [0, 0.05) is 22.8 Å². The molecule has 2 aliphatic heterocycles. The first-order chi connectivity index (χ1) is 14.3. The Balaban J connectivity index is 1.61. The molecule has 2 heterocycles. The van der Waals surface area contributed by atoms with E-state index in [2.05, 4.69) is 32.9 Å². The summed E-state index contributed by atoms with van der Waals surface area (Å²) in [6, 6.07) is 16.2. The summed E-state index contributed by atoms with van der Waals surface area (Å²) in [4.78, 5) is 30.5. The topological polar surface area (TPSA) is 40.6 Å². The van der Waals surface area contributed by atoms with Gasteiger partial charge in [0.2, 0.25) is 5.91 Å². The van der Waals surface area contributed by atoms with Crippen molar-refractivity contribution in [2.45, 2.75) is 56.2 Å². The number of anilines is 1. The maximum Gasteiger partial charge on any atom is 0.268 e. The summed E-state index contributed by atoms with van der Waals surface area (Å²) in [6.45, 7) is 7.50. The summed E-state index contributed by atoms with van der Waals surface area (Å²) >= 11 is 1.65. The van der Waals surface area contributed by atoms with Crippen LogP contribution in [0.4, 0.5) is 5.69 Å². The Morgan fingerprint density at radius 2 is 1.80 bits per heavy atom. The second-order valence-electron chi connectivity index (χ2n) is 9.39. The number of fused-ring (bicyclic) bond motifs is 2. The van der Waals surface area contributed by atoms with Crippen molar-refractivity contribution < 1.29 is 9.59 Å². The van der Waals surface area contributed by atoms with Crippen LogP contribution in [0.15, 0.2) is 48.5 Å². The maximum absolute atomic E-state index is 14.1. The standard InChI is InChI=1S/C25H28N2O2S/c1-17-9-4-5-10-19(17)15-26-21-14-7-6-13-20(21)25(23(26)29)27(16-24(2,3)30-25)22(28)18-11-8-12-18/h4-7,9-10,13-14,18H,8,11-12,15-16H2,1-3H3/t25-/m1/s1. The Morgan fingerprint density at radius 3 is 2.50 bits per heavy atom. The lowest BCUT2D eigenvalue weighted by Gasteiger charge is -2.37. The molecule has 1 aliphatic carbocycles. The largest absolute Gasteiger partial charge is 0.314 e. The normalized spacial score (nSPS) is 25.0. The number of thioether (sulfide) groups is 1. The summed E-state index contributed by atoms with van der Waals surface area (Å²) in [5, 5.41) is 0. The molecule has 1 saturated heterocycles. The third-order valence-corrected chi connectivity index (χ3v) is 8.34. The summed E-state index contributed by atoms with van der Waals surface area (Å²) in [5.41, 5.74) is 4.21. The number of hydrogen-bond acceptors (Lipinski definition) is 3. The fraction of sp³-hybridized carbons (Fsp3) is 0.440. The Kier molecular flexibility index (Phi) is 4.51. The molecule has 0 bridgehead atoms. The molecule has 0 N–H and O–H groups in total. The first kappa shape index (κ1) is 19.7. The van der Waals surface area contributed by atoms with Crippen molar-refractivity contribution in [2.75, 3.05) is 11.4 Å². The highest BCUT2D eigenvalue weighted by Gasteiger charge is 2.64. The number of amides is 2. The molecule has 156 valence electrons. The lowest BCUT2D eigenvalue weighted by molar-refractivity contribution is -0.146. The molecular formula is C25H28N2O2S. The molecule has 1 saturated carbocycles. The number of rotatable bonds is 3. The lowest BCUT2D eigenvalue weighted by atomic mass is 9.83. The van der Waals surface area contributed by atoms with E-state index in [1.54, 1.807) is 11.8 Å². The molecule has 1 atom stereocenters. The van der Waals surface area contributed by atoms with Gasteiger partial charge < -0.3 is 9.80 Å². The molecule has 5 rings (SSSR count). The second-order valence-corrected chi connectivity index (χ2v) is 11.3. The van der Waals surface area contributed by atoms with Crippen LogP contribution >= 0.6 is 11.8 Å². The summed E-state index contributed by atoms with van der Waals surface area (Å²) in [7, 11) is 0. The fourth-order valence-corrected chi connectivity index (χ4v) is 6.70. The van der Waals surface area contributed by atoms with Crippen LogP contribution in [0.3, 0.4) is 0 Å². The van der Waals surface area contributed by atoms with E-state index in [-0.39, 0.29) is 22.5 Å². The zero-order valence-electron chi connectivity index (χ0n) is 17.9. The fourth-order valence-electron chi connectivity index (χ4n) is 4.97. The number of nitrogens with zero attached hydrogens (tertiary/aromatic N) is 2. The van der Waals surface area contributed by atoms with E-state index in [0.717, 1.165) is 36.1 Å². The van der Waals surface area contributed by atoms with Gasteiger partial charge in [0.15, 0.2) is 4.87 Å². The van der Waals surface area contributed by atoms with Crippen molar-refractivity contribution in [1.29, 1.82) is 0 Å². The molecule has 3 aliphatic rings. The van der Waals surface area contributed by atoms with Crippen LogP contribution in [0.5, 0.6) is 0 Å². The van der Waals surface area contributed by atoms with Gasteiger partial charge in [-0.1, -0.05) is 48.9 Å². The van der Waals surface area contributed by atoms with Crippen LogP contribution in [0.25, 0.3) is 0 Å². The van der Waals surface area contributed by atoms with E-state index in [1.165, 1.54) is 5.56 Å². The van der Waals surface area contributed by atoms with Crippen LogP contribution < -0.4 is 4.90 Å². The average molecular weight is 421 g/mol. The van der Waals surface area contributed by atoms with Gasteiger partial charge in [-0.25, -0.2) is 0 Å². The molecule has 0 aromatic heterocycles. The van der Waals surface area contributed by atoms with E-state index in [9.17, 15) is 9.59 Å². The zero-order chi connectivity index (χ0) is 21.1. The third kappa shape index (κ3) is 2.82. The number of benzene rings is 2. The molecule has 0 radical (unpaired) electrons. The van der Waals surface area contributed by atoms with E-state index >= 15 is 0 Å².